The summed E-state index contributed by atoms with van der Waals surface area (Å²) in [7, 11) is 0. The molecule has 0 bridgehead atoms. The molecule has 2 N–H and O–H groups in total. The van der Waals surface area contributed by atoms with E-state index < -0.39 is 22.3 Å². The molecule has 9 heteroatoms. The van der Waals surface area contributed by atoms with Gasteiger partial charge in [-0.05, 0) is 30.3 Å². The first-order valence-corrected chi connectivity index (χ1v) is 7.05. The third kappa shape index (κ3) is 4.54. The van der Waals surface area contributed by atoms with Crippen LogP contribution in [0.4, 0.5) is 21.5 Å². The Balaban J connectivity index is 2.01. The maximum atomic E-state index is 13.2. The number of nitro groups is 1. The molecule has 0 aliphatic heterocycles. The number of hydrogen-bond donors (Lipinski definition) is 2. The first-order chi connectivity index (χ1) is 10.9. The lowest BCUT2D eigenvalue weighted by atomic mass is 10.2. The number of nitrogens with zero attached hydrogens (tertiary/aromatic N) is 1. The molecule has 23 heavy (non-hydrogen) atoms. The summed E-state index contributed by atoms with van der Waals surface area (Å²) in [6.07, 6.45) is 0. The highest BCUT2D eigenvalue weighted by Crippen LogP contribution is 2.25. The lowest BCUT2D eigenvalue weighted by molar-refractivity contribution is -0.387. The van der Waals surface area contributed by atoms with Gasteiger partial charge in [0.2, 0.25) is 11.7 Å². The number of nitro benzene ring substituents is 1. The van der Waals surface area contributed by atoms with Gasteiger partial charge < -0.3 is 10.6 Å². The zero-order valence-corrected chi connectivity index (χ0v) is 13.0. The largest absolute Gasteiger partial charge is 0.376 e. The Morgan fingerprint density at radius 3 is 2.65 bits per heavy atom. The summed E-state index contributed by atoms with van der Waals surface area (Å²) in [5.41, 5.74) is -0.0882. The Hall–Kier alpha value is -2.38. The number of carbonyl (C=O) groups is 1. The number of anilines is 2. The fourth-order valence-electron chi connectivity index (χ4n) is 1.73. The quantitative estimate of drug-likeness (QED) is 0.623. The van der Waals surface area contributed by atoms with Gasteiger partial charge in [0.1, 0.15) is 0 Å². The minimum atomic E-state index is -0.948. The molecule has 6 nitrogen and oxygen atoms in total. The predicted octanol–water partition coefficient (Wildman–Crippen LogP) is 4.09. The maximum absolute atomic E-state index is 13.2. The number of nitrogens with one attached hydrogen (secondary N) is 2. The lowest BCUT2D eigenvalue weighted by Gasteiger charge is -2.09. The summed E-state index contributed by atoms with van der Waals surface area (Å²) in [6.45, 7) is -0.189. The summed E-state index contributed by atoms with van der Waals surface area (Å²) >= 11 is 11.7. The molecule has 0 aromatic heterocycles. The number of benzene rings is 2. The summed E-state index contributed by atoms with van der Waals surface area (Å²) in [6, 6.07) is 7.86. The fraction of sp³-hybridized carbons (Fsp3) is 0.0714. The van der Waals surface area contributed by atoms with E-state index in [1.54, 1.807) is 6.07 Å². The van der Waals surface area contributed by atoms with Crippen molar-refractivity contribution in [3.8, 4) is 0 Å². The van der Waals surface area contributed by atoms with Gasteiger partial charge in [-0.1, -0.05) is 23.2 Å². The molecule has 2 rings (SSSR count). The van der Waals surface area contributed by atoms with Gasteiger partial charge in [-0.3, -0.25) is 14.9 Å². The first kappa shape index (κ1) is 17.0. The molecule has 0 atom stereocenters. The summed E-state index contributed by atoms with van der Waals surface area (Å²) < 4.78 is 13.2. The van der Waals surface area contributed by atoms with E-state index in [1.807, 2.05) is 0 Å². The van der Waals surface area contributed by atoms with Gasteiger partial charge >= 0.3 is 5.69 Å². The molecule has 0 fully saturated rings. The van der Waals surface area contributed by atoms with Crippen molar-refractivity contribution in [1.82, 2.24) is 0 Å². The lowest BCUT2D eigenvalue weighted by Crippen LogP contribution is -2.22. The van der Waals surface area contributed by atoms with Crippen LogP contribution in [0.5, 0.6) is 0 Å². The molecule has 0 spiro atoms. The second kappa shape index (κ2) is 7.26. The molecule has 2 aromatic carbocycles. The molecule has 0 unspecified atom stereocenters. The monoisotopic (exact) mass is 357 g/mol. The second-order valence-corrected chi connectivity index (χ2v) is 5.29. The third-order valence-electron chi connectivity index (χ3n) is 2.80. The zero-order valence-electron chi connectivity index (χ0n) is 11.5. The Kier molecular flexibility index (Phi) is 5.36. The molecule has 0 saturated heterocycles. The van der Waals surface area contributed by atoms with Crippen LogP contribution in [0.1, 0.15) is 0 Å². The molecule has 2 aromatic rings. The van der Waals surface area contributed by atoms with Gasteiger partial charge in [-0.15, -0.1) is 0 Å². The van der Waals surface area contributed by atoms with Gasteiger partial charge in [-0.2, -0.15) is 4.39 Å². The number of halogens is 3. The van der Waals surface area contributed by atoms with E-state index in [4.69, 9.17) is 23.2 Å². The van der Waals surface area contributed by atoms with Crippen molar-refractivity contribution in [1.29, 1.82) is 0 Å². The average Bonchev–Trinajstić information content (AvgIpc) is 2.50. The van der Waals surface area contributed by atoms with Crippen molar-refractivity contribution in [2.75, 3.05) is 17.2 Å². The van der Waals surface area contributed by atoms with Gasteiger partial charge in [0, 0.05) is 16.8 Å². The van der Waals surface area contributed by atoms with Crippen LogP contribution < -0.4 is 10.6 Å². The van der Waals surface area contributed by atoms with Crippen molar-refractivity contribution in [2.24, 2.45) is 0 Å². The van der Waals surface area contributed by atoms with E-state index in [0.29, 0.717) is 15.7 Å². The Labute approximate surface area is 140 Å². The SMILES string of the molecule is O=C(CNc1ccc(F)c([N+](=O)[O-])c1)Nc1cc(Cl)ccc1Cl. The van der Waals surface area contributed by atoms with E-state index in [1.165, 1.54) is 18.2 Å². The van der Waals surface area contributed by atoms with E-state index in [0.717, 1.165) is 12.1 Å². The number of carbonyl (C=O) groups excluding carboxylic acids is 1. The zero-order chi connectivity index (χ0) is 17.0. The average molecular weight is 358 g/mol. The molecule has 0 aliphatic rings. The van der Waals surface area contributed by atoms with E-state index >= 15 is 0 Å². The Morgan fingerprint density at radius 2 is 1.96 bits per heavy atom. The van der Waals surface area contributed by atoms with Crippen LogP contribution in [0.2, 0.25) is 10.0 Å². The molecule has 120 valence electrons. The maximum Gasteiger partial charge on any atom is 0.306 e. The second-order valence-electron chi connectivity index (χ2n) is 4.45. The van der Waals surface area contributed by atoms with Crippen molar-refractivity contribution < 1.29 is 14.1 Å². The molecule has 0 saturated carbocycles. The van der Waals surface area contributed by atoms with Crippen LogP contribution in [0.3, 0.4) is 0 Å². The predicted molar refractivity (Wildman–Crippen MR) is 86.6 cm³/mol. The van der Waals surface area contributed by atoms with Gasteiger partial charge in [0.15, 0.2) is 0 Å². The molecule has 0 aliphatic carbocycles. The smallest absolute Gasteiger partial charge is 0.306 e. The highest BCUT2D eigenvalue weighted by molar-refractivity contribution is 6.35. The standard InChI is InChI=1S/C14H10Cl2FN3O3/c15-8-1-3-10(16)12(5-8)19-14(21)7-18-9-2-4-11(17)13(6-9)20(22)23/h1-6,18H,7H2,(H,19,21). The van der Waals surface area contributed by atoms with Gasteiger partial charge in [0.25, 0.3) is 0 Å². The molecule has 1 amide bonds. The molecular weight excluding hydrogens is 348 g/mol. The highest BCUT2D eigenvalue weighted by Gasteiger charge is 2.14. The fourth-order valence-corrected chi connectivity index (χ4v) is 2.07. The minimum Gasteiger partial charge on any atom is -0.376 e. The van der Waals surface area contributed by atoms with Crippen molar-refractivity contribution in [3.05, 3.63) is 62.4 Å². The van der Waals surface area contributed by atoms with Crippen LogP contribution in [0, 0.1) is 15.9 Å². The van der Waals surface area contributed by atoms with Crippen LogP contribution in [0.15, 0.2) is 36.4 Å². The summed E-state index contributed by atoms with van der Waals surface area (Å²) in [4.78, 5) is 21.7. The third-order valence-corrected chi connectivity index (χ3v) is 3.36. The van der Waals surface area contributed by atoms with E-state index in [-0.39, 0.29) is 12.2 Å². The highest BCUT2D eigenvalue weighted by atomic mass is 35.5. The summed E-state index contributed by atoms with van der Waals surface area (Å²) in [5.74, 6) is -1.39. The van der Waals surface area contributed by atoms with Crippen LogP contribution in [0.25, 0.3) is 0 Å². The normalized spacial score (nSPS) is 10.2. The Morgan fingerprint density at radius 1 is 1.22 bits per heavy atom. The van der Waals surface area contributed by atoms with E-state index in [2.05, 4.69) is 10.6 Å². The molecule has 0 radical (unpaired) electrons. The van der Waals surface area contributed by atoms with Crippen LogP contribution in [-0.2, 0) is 4.79 Å². The summed E-state index contributed by atoms with van der Waals surface area (Å²) in [5, 5.41) is 16.6. The van der Waals surface area contributed by atoms with E-state index in [9.17, 15) is 19.3 Å². The minimum absolute atomic E-state index is 0.189. The van der Waals surface area contributed by atoms with Gasteiger partial charge in [0.05, 0.1) is 22.2 Å². The molecular formula is C14H10Cl2FN3O3. The Bertz CT molecular complexity index is 771. The van der Waals surface area contributed by atoms with Crippen molar-refractivity contribution in [2.45, 2.75) is 0 Å². The van der Waals surface area contributed by atoms with Crippen molar-refractivity contribution in [3.63, 3.8) is 0 Å². The molecule has 0 heterocycles. The van der Waals surface area contributed by atoms with Gasteiger partial charge in [-0.25, -0.2) is 0 Å². The number of rotatable bonds is 5. The van der Waals surface area contributed by atoms with Crippen molar-refractivity contribution >= 4 is 46.2 Å². The topological polar surface area (TPSA) is 84.3 Å². The van der Waals surface area contributed by atoms with Crippen LogP contribution >= 0.6 is 23.2 Å². The number of hydrogen-bond acceptors (Lipinski definition) is 4. The first-order valence-electron chi connectivity index (χ1n) is 6.29. The number of amides is 1. The van der Waals surface area contributed by atoms with Crippen LogP contribution in [-0.4, -0.2) is 17.4 Å².